The van der Waals surface area contributed by atoms with Gasteiger partial charge in [-0.2, -0.15) is 0 Å². The van der Waals surface area contributed by atoms with Crippen LogP contribution >= 0.6 is 0 Å². The van der Waals surface area contributed by atoms with Gasteiger partial charge in [-0.15, -0.1) is 0 Å². The van der Waals surface area contributed by atoms with Gasteiger partial charge in [-0.25, -0.2) is 0 Å². The molecule has 2 aliphatic heterocycles. The highest BCUT2D eigenvalue weighted by molar-refractivity contribution is 5.76. The molecule has 0 aromatic carbocycles. The molecule has 4 heteroatoms. The molecular weight excluding hydrogens is 286 g/mol. The maximum absolute atomic E-state index is 12.0. The van der Waals surface area contributed by atoms with Gasteiger partial charge in [0.05, 0.1) is 0 Å². The average molecular weight is 315 g/mol. The molecule has 2 aliphatic carbocycles. The molecule has 3 fully saturated rings. The van der Waals surface area contributed by atoms with E-state index >= 15 is 0 Å². The highest BCUT2D eigenvalue weighted by Gasteiger charge is 2.58. The first kappa shape index (κ1) is 15.4. The van der Waals surface area contributed by atoms with Gasteiger partial charge >= 0.3 is 0 Å². The van der Waals surface area contributed by atoms with Crippen LogP contribution in [0.3, 0.4) is 0 Å². The number of nitrogens with zero attached hydrogens (tertiary/aromatic N) is 2. The summed E-state index contributed by atoms with van der Waals surface area (Å²) in [4.78, 5) is 16.6. The first-order valence-corrected chi connectivity index (χ1v) is 9.34. The largest absolute Gasteiger partial charge is 0.340 e. The third-order valence-corrected chi connectivity index (χ3v) is 6.32. The lowest BCUT2D eigenvalue weighted by molar-refractivity contribution is -0.133. The van der Waals surface area contributed by atoms with E-state index in [1.807, 2.05) is 4.90 Å². The van der Waals surface area contributed by atoms with Crippen molar-refractivity contribution >= 4 is 5.91 Å². The molecule has 0 spiro atoms. The summed E-state index contributed by atoms with van der Waals surface area (Å²) in [6, 6.07) is 0.533. The van der Waals surface area contributed by atoms with Crippen LogP contribution < -0.4 is 5.32 Å². The Balaban J connectivity index is 1.30. The van der Waals surface area contributed by atoms with Crippen LogP contribution in [0.25, 0.3) is 0 Å². The van der Waals surface area contributed by atoms with Crippen molar-refractivity contribution in [1.29, 1.82) is 0 Å². The van der Waals surface area contributed by atoms with Crippen LogP contribution in [0.1, 0.15) is 32.6 Å². The third kappa shape index (κ3) is 2.76. The van der Waals surface area contributed by atoms with Crippen molar-refractivity contribution in [2.45, 2.75) is 38.6 Å². The number of carbonyl (C=O) groups is 1. The Hall–Kier alpha value is -1.13. The maximum Gasteiger partial charge on any atom is 0.222 e. The number of nitrogens with one attached hydrogen (secondary N) is 1. The van der Waals surface area contributed by atoms with Gasteiger partial charge in [0.1, 0.15) is 0 Å². The maximum atomic E-state index is 12.0. The number of piperazine rings is 1. The molecule has 4 nitrogen and oxygen atoms in total. The van der Waals surface area contributed by atoms with Crippen LogP contribution in [0.15, 0.2) is 23.8 Å². The number of rotatable bonds is 4. The molecule has 0 aromatic heterocycles. The summed E-state index contributed by atoms with van der Waals surface area (Å²) in [7, 11) is 0. The van der Waals surface area contributed by atoms with E-state index in [2.05, 4.69) is 35.4 Å². The fourth-order valence-electron chi connectivity index (χ4n) is 4.71. The van der Waals surface area contributed by atoms with Crippen LogP contribution in [-0.2, 0) is 4.79 Å². The minimum atomic E-state index is 0.334. The van der Waals surface area contributed by atoms with Crippen LogP contribution in [0.5, 0.6) is 0 Å². The standard InChI is InChI=1S/C19H29N3O/c1-2-3-18(23)22-10-8-21(9-11-22)17-6-4-15(5-7-17)19-12-16(19)13-20-14-19/h4-6,16-17,20H,2-3,7-14H2,1H3. The summed E-state index contributed by atoms with van der Waals surface area (Å²) in [6.07, 6.45) is 11.5. The smallest absolute Gasteiger partial charge is 0.222 e. The summed E-state index contributed by atoms with van der Waals surface area (Å²) >= 11 is 0. The molecule has 0 bridgehead atoms. The first-order valence-electron chi connectivity index (χ1n) is 9.34. The Labute approximate surface area is 139 Å². The molecule has 126 valence electrons. The zero-order valence-corrected chi connectivity index (χ0v) is 14.3. The summed E-state index contributed by atoms with van der Waals surface area (Å²) in [5.74, 6) is 1.23. The predicted molar refractivity (Wildman–Crippen MR) is 92.1 cm³/mol. The molecule has 4 rings (SSSR count). The fourth-order valence-corrected chi connectivity index (χ4v) is 4.71. The molecule has 1 amide bonds. The molecule has 3 atom stereocenters. The second-order valence-corrected chi connectivity index (χ2v) is 7.68. The molecule has 2 saturated heterocycles. The monoisotopic (exact) mass is 315 g/mol. The fraction of sp³-hybridized carbons (Fsp3) is 0.737. The molecule has 3 unspecified atom stereocenters. The van der Waals surface area contributed by atoms with E-state index in [1.165, 1.54) is 19.5 Å². The van der Waals surface area contributed by atoms with Gasteiger partial charge in [-0.05, 0) is 37.3 Å². The molecule has 1 saturated carbocycles. The van der Waals surface area contributed by atoms with Gasteiger partial charge in [0.25, 0.3) is 0 Å². The summed E-state index contributed by atoms with van der Waals surface area (Å²) in [5.41, 5.74) is 2.08. The van der Waals surface area contributed by atoms with E-state index in [9.17, 15) is 4.79 Å². The quantitative estimate of drug-likeness (QED) is 0.859. The van der Waals surface area contributed by atoms with Crippen molar-refractivity contribution in [1.82, 2.24) is 15.1 Å². The number of piperidine rings is 1. The minimum absolute atomic E-state index is 0.334. The van der Waals surface area contributed by atoms with Gasteiger partial charge in [0.15, 0.2) is 0 Å². The number of carbonyl (C=O) groups excluding carboxylic acids is 1. The molecule has 1 N–H and O–H groups in total. The van der Waals surface area contributed by atoms with Crippen LogP contribution in [0.4, 0.5) is 0 Å². The molecular formula is C19H29N3O. The number of amides is 1. The zero-order chi connectivity index (χ0) is 15.9. The lowest BCUT2D eigenvalue weighted by atomic mass is 9.88. The number of allylic oxidation sites excluding steroid dienone is 1. The van der Waals surface area contributed by atoms with Crippen LogP contribution in [0, 0.1) is 11.3 Å². The van der Waals surface area contributed by atoms with Gasteiger partial charge in [0.2, 0.25) is 5.91 Å². The topological polar surface area (TPSA) is 35.6 Å². The van der Waals surface area contributed by atoms with Gasteiger partial charge in [-0.3, -0.25) is 9.69 Å². The highest BCUT2D eigenvalue weighted by atomic mass is 16.2. The van der Waals surface area contributed by atoms with Crippen molar-refractivity contribution in [2.24, 2.45) is 11.3 Å². The Morgan fingerprint density at radius 1 is 1.35 bits per heavy atom. The number of fused-ring (bicyclic) bond motifs is 1. The normalized spacial score (nSPS) is 36.7. The Morgan fingerprint density at radius 3 is 2.74 bits per heavy atom. The van der Waals surface area contributed by atoms with E-state index in [4.69, 9.17) is 0 Å². The summed E-state index contributed by atoms with van der Waals surface area (Å²) in [5, 5.41) is 3.54. The Bertz CT molecular complexity index is 533. The highest BCUT2D eigenvalue weighted by Crippen LogP contribution is 2.60. The Kier molecular flexibility index (Phi) is 4.06. The molecule has 0 radical (unpaired) electrons. The minimum Gasteiger partial charge on any atom is -0.340 e. The molecule has 2 heterocycles. The number of hydrogen-bond acceptors (Lipinski definition) is 3. The Morgan fingerprint density at radius 2 is 2.17 bits per heavy atom. The van der Waals surface area contributed by atoms with Crippen molar-refractivity contribution in [2.75, 3.05) is 39.3 Å². The molecule has 0 aromatic rings. The first-order chi connectivity index (χ1) is 11.2. The van der Waals surface area contributed by atoms with Crippen molar-refractivity contribution < 1.29 is 4.79 Å². The molecule has 4 aliphatic rings. The average Bonchev–Trinajstić information content (AvgIpc) is 3.16. The molecule has 23 heavy (non-hydrogen) atoms. The van der Waals surface area contributed by atoms with Gasteiger partial charge in [0, 0.05) is 50.6 Å². The van der Waals surface area contributed by atoms with E-state index in [1.54, 1.807) is 5.57 Å². The predicted octanol–water partition coefficient (Wildman–Crippen LogP) is 1.80. The lowest BCUT2D eigenvalue weighted by Crippen LogP contribution is -2.51. The summed E-state index contributed by atoms with van der Waals surface area (Å²) < 4.78 is 0. The van der Waals surface area contributed by atoms with Crippen LogP contribution in [0.2, 0.25) is 0 Å². The van der Waals surface area contributed by atoms with E-state index in [0.717, 1.165) is 44.9 Å². The van der Waals surface area contributed by atoms with E-state index < -0.39 is 0 Å². The second kappa shape index (κ2) is 6.06. The van der Waals surface area contributed by atoms with E-state index in [0.29, 0.717) is 23.8 Å². The number of hydrogen-bond donors (Lipinski definition) is 1. The van der Waals surface area contributed by atoms with Crippen molar-refractivity contribution in [3.05, 3.63) is 23.8 Å². The van der Waals surface area contributed by atoms with Crippen LogP contribution in [-0.4, -0.2) is 61.0 Å². The second-order valence-electron chi connectivity index (χ2n) is 7.68. The van der Waals surface area contributed by atoms with Gasteiger partial charge < -0.3 is 10.2 Å². The van der Waals surface area contributed by atoms with Crippen molar-refractivity contribution in [3.63, 3.8) is 0 Å². The SMILES string of the molecule is CCCC(=O)N1CCN(C2C=CC(C34CNCC3C4)=CC2)CC1. The zero-order valence-electron chi connectivity index (χ0n) is 14.3. The third-order valence-electron chi connectivity index (χ3n) is 6.32. The van der Waals surface area contributed by atoms with Gasteiger partial charge in [-0.1, -0.05) is 25.2 Å². The van der Waals surface area contributed by atoms with Crippen molar-refractivity contribution in [3.8, 4) is 0 Å². The lowest BCUT2D eigenvalue weighted by Gasteiger charge is -2.39. The van der Waals surface area contributed by atoms with E-state index in [-0.39, 0.29) is 0 Å². The summed E-state index contributed by atoms with van der Waals surface area (Å²) in [6.45, 7) is 8.30.